The van der Waals surface area contributed by atoms with Crippen LogP contribution in [0.3, 0.4) is 0 Å². The number of para-hydroxylation sites is 2. The van der Waals surface area contributed by atoms with Crippen LogP contribution in [-0.4, -0.2) is 35.2 Å². The van der Waals surface area contributed by atoms with Gasteiger partial charge in [-0.2, -0.15) is 0 Å². The van der Waals surface area contributed by atoms with Crippen LogP contribution in [0, 0.1) is 24.6 Å². The highest BCUT2D eigenvalue weighted by molar-refractivity contribution is 6.26. The third-order valence-electron chi connectivity index (χ3n) is 7.33. The first kappa shape index (κ1) is 17.8. The Bertz CT molecular complexity index is 1150. The molecule has 2 aromatic rings. The minimum Gasteiger partial charge on any atom is -0.324 e. The Balaban J connectivity index is 1.59. The van der Waals surface area contributed by atoms with Gasteiger partial charge >= 0.3 is 0 Å². The Hall–Kier alpha value is -3.06. The minimum absolute atomic E-state index is 0.0375. The Labute approximate surface area is 172 Å². The number of imide groups is 1. The predicted octanol–water partition coefficient (Wildman–Crippen LogP) is 2.57. The fraction of sp³-hybridized carbons (Fsp3) is 0.348. The van der Waals surface area contributed by atoms with Crippen LogP contribution in [0.5, 0.6) is 0 Å². The quantitative estimate of drug-likeness (QED) is 0.741. The lowest BCUT2D eigenvalue weighted by atomic mass is 9.75. The molecule has 4 aliphatic heterocycles. The Kier molecular flexibility index (Phi) is 3.41. The van der Waals surface area contributed by atoms with Crippen LogP contribution >= 0.6 is 0 Å². The molecule has 3 fully saturated rings. The number of halogens is 1. The van der Waals surface area contributed by atoms with Gasteiger partial charge in [-0.25, -0.2) is 9.29 Å². The molecule has 4 heterocycles. The van der Waals surface area contributed by atoms with Crippen molar-refractivity contribution >= 4 is 29.1 Å². The molecule has 0 aliphatic carbocycles. The second-order valence-electron chi connectivity index (χ2n) is 8.59. The number of nitrogens with one attached hydrogen (secondary N) is 1. The first-order valence-electron chi connectivity index (χ1n) is 10.3. The molecule has 0 bridgehead atoms. The zero-order valence-corrected chi connectivity index (χ0v) is 16.4. The first-order chi connectivity index (χ1) is 14.5. The van der Waals surface area contributed by atoms with Crippen molar-refractivity contribution in [3.63, 3.8) is 0 Å². The van der Waals surface area contributed by atoms with Gasteiger partial charge in [0.15, 0.2) is 0 Å². The standard InChI is InChI=1S/C23H20FN3O3/c1-12-6-4-7-13-19(12)25-22(30)23(13)18-17(16-10-5-11-26(16)23)20(28)27(21(18)29)15-9-3-2-8-14(15)24/h2-4,6-9,16-18H,5,10-11H2,1H3,(H,25,30). The number of nitrogens with zero attached hydrogens (tertiary/aromatic N) is 2. The maximum absolute atomic E-state index is 14.5. The molecule has 3 saturated heterocycles. The third kappa shape index (κ3) is 1.85. The average Bonchev–Trinajstić information content (AvgIpc) is 3.42. The molecule has 3 amide bonds. The van der Waals surface area contributed by atoms with E-state index in [1.165, 1.54) is 18.2 Å². The number of carbonyl (C=O) groups is 3. The summed E-state index contributed by atoms with van der Waals surface area (Å²) in [6, 6.07) is 11.3. The highest BCUT2D eigenvalue weighted by Gasteiger charge is 2.74. The molecule has 7 heteroatoms. The zero-order chi connectivity index (χ0) is 20.8. The number of hydrogen-bond acceptors (Lipinski definition) is 4. The maximum atomic E-state index is 14.5. The normalized spacial score (nSPS) is 32.0. The van der Waals surface area contributed by atoms with Crippen LogP contribution in [-0.2, 0) is 19.9 Å². The third-order valence-corrected chi connectivity index (χ3v) is 7.33. The lowest BCUT2D eigenvalue weighted by molar-refractivity contribution is -0.135. The number of rotatable bonds is 1. The highest BCUT2D eigenvalue weighted by Crippen LogP contribution is 2.61. The van der Waals surface area contributed by atoms with E-state index in [-0.39, 0.29) is 17.6 Å². The van der Waals surface area contributed by atoms with Crippen molar-refractivity contribution in [2.24, 2.45) is 11.8 Å². The van der Waals surface area contributed by atoms with Crippen LogP contribution in [0.1, 0.15) is 24.0 Å². The Morgan fingerprint density at radius 2 is 1.87 bits per heavy atom. The summed E-state index contributed by atoms with van der Waals surface area (Å²) in [4.78, 5) is 43.8. The monoisotopic (exact) mass is 405 g/mol. The van der Waals surface area contributed by atoms with Crippen LogP contribution in [0.15, 0.2) is 42.5 Å². The molecule has 4 unspecified atom stereocenters. The summed E-state index contributed by atoms with van der Waals surface area (Å²) < 4.78 is 14.5. The van der Waals surface area contributed by atoms with Crippen LogP contribution in [0.2, 0.25) is 0 Å². The Morgan fingerprint density at radius 1 is 1.07 bits per heavy atom. The van der Waals surface area contributed by atoms with Gasteiger partial charge in [-0.1, -0.05) is 30.3 Å². The molecule has 0 radical (unpaired) electrons. The second kappa shape index (κ2) is 5.76. The van der Waals surface area contributed by atoms with Gasteiger partial charge in [-0.05, 0) is 44.0 Å². The molecular formula is C23H20FN3O3. The van der Waals surface area contributed by atoms with Crippen LogP contribution in [0.4, 0.5) is 15.8 Å². The molecule has 1 spiro atoms. The summed E-state index contributed by atoms with van der Waals surface area (Å²) in [6.07, 6.45) is 1.59. The van der Waals surface area contributed by atoms with Gasteiger partial charge in [0.2, 0.25) is 17.7 Å². The van der Waals surface area contributed by atoms with Gasteiger partial charge in [0.1, 0.15) is 11.4 Å². The summed E-state index contributed by atoms with van der Waals surface area (Å²) in [6.45, 7) is 2.57. The van der Waals surface area contributed by atoms with Crippen molar-refractivity contribution in [3.05, 3.63) is 59.4 Å². The van der Waals surface area contributed by atoms with Gasteiger partial charge in [0.25, 0.3) is 0 Å². The van der Waals surface area contributed by atoms with E-state index >= 15 is 0 Å². The van der Waals surface area contributed by atoms with Gasteiger partial charge in [-0.3, -0.25) is 19.3 Å². The summed E-state index contributed by atoms with van der Waals surface area (Å²) in [5.74, 6) is -3.30. The SMILES string of the molecule is Cc1cccc2c1NC(=O)C21C2C(=O)N(c3ccccc3F)C(=O)C2C2CCCN21. The average molecular weight is 405 g/mol. The number of carbonyl (C=O) groups excluding carboxylic acids is 3. The van der Waals surface area contributed by atoms with E-state index in [4.69, 9.17) is 0 Å². The van der Waals surface area contributed by atoms with Crippen molar-refractivity contribution in [2.75, 3.05) is 16.8 Å². The zero-order valence-electron chi connectivity index (χ0n) is 16.4. The molecule has 2 aromatic carbocycles. The lowest BCUT2D eigenvalue weighted by Crippen LogP contribution is -2.54. The van der Waals surface area contributed by atoms with E-state index < -0.39 is 35.0 Å². The van der Waals surface area contributed by atoms with E-state index in [2.05, 4.69) is 10.2 Å². The van der Waals surface area contributed by atoms with Gasteiger partial charge in [0.05, 0.1) is 17.5 Å². The van der Waals surface area contributed by atoms with Crippen molar-refractivity contribution in [1.82, 2.24) is 4.90 Å². The number of fused-ring (bicyclic) bond motifs is 7. The number of hydrogen-bond donors (Lipinski definition) is 1. The van der Waals surface area contributed by atoms with E-state index in [0.717, 1.165) is 34.6 Å². The molecule has 30 heavy (non-hydrogen) atoms. The molecular weight excluding hydrogens is 385 g/mol. The van der Waals surface area contributed by atoms with Crippen molar-refractivity contribution in [1.29, 1.82) is 0 Å². The molecule has 0 aromatic heterocycles. The topological polar surface area (TPSA) is 69.7 Å². The van der Waals surface area contributed by atoms with E-state index in [1.54, 1.807) is 6.07 Å². The largest absolute Gasteiger partial charge is 0.324 e. The molecule has 4 atom stereocenters. The summed E-state index contributed by atoms with van der Waals surface area (Å²) in [5, 5.41) is 2.99. The second-order valence-corrected chi connectivity index (χ2v) is 8.59. The van der Waals surface area contributed by atoms with Crippen molar-refractivity contribution in [3.8, 4) is 0 Å². The van der Waals surface area contributed by atoms with E-state index in [1.807, 2.05) is 25.1 Å². The summed E-state index contributed by atoms with van der Waals surface area (Å²) in [5.41, 5.74) is 1.13. The number of anilines is 2. The van der Waals surface area contributed by atoms with E-state index in [0.29, 0.717) is 6.54 Å². The summed E-state index contributed by atoms with van der Waals surface area (Å²) in [7, 11) is 0. The van der Waals surface area contributed by atoms with Crippen LogP contribution < -0.4 is 10.2 Å². The Morgan fingerprint density at radius 3 is 2.67 bits per heavy atom. The summed E-state index contributed by atoms with van der Waals surface area (Å²) >= 11 is 0. The minimum atomic E-state index is -1.22. The molecule has 6 nitrogen and oxygen atoms in total. The fourth-order valence-corrected chi connectivity index (χ4v) is 6.25. The molecule has 0 saturated carbocycles. The van der Waals surface area contributed by atoms with Gasteiger partial charge < -0.3 is 5.32 Å². The molecule has 152 valence electrons. The van der Waals surface area contributed by atoms with Crippen molar-refractivity contribution in [2.45, 2.75) is 31.3 Å². The fourth-order valence-electron chi connectivity index (χ4n) is 6.25. The lowest BCUT2D eigenvalue weighted by Gasteiger charge is -2.36. The smallest absolute Gasteiger partial charge is 0.250 e. The van der Waals surface area contributed by atoms with Gasteiger partial charge in [0, 0.05) is 17.3 Å². The predicted molar refractivity (Wildman–Crippen MR) is 107 cm³/mol. The number of benzene rings is 2. The number of amides is 3. The first-order valence-corrected chi connectivity index (χ1v) is 10.3. The molecule has 4 aliphatic rings. The highest BCUT2D eigenvalue weighted by atomic mass is 19.1. The van der Waals surface area contributed by atoms with Crippen molar-refractivity contribution < 1.29 is 18.8 Å². The molecule has 1 N–H and O–H groups in total. The molecule has 6 rings (SSSR count). The van der Waals surface area contributed by atoms with Gasteiger partial charge in [-0.15, -0.1) is 0 Å². The maximum Gasteiger partial charge on any atom is 0.250 e. The van der Waals surface area contributed by atoms with E-state index in [9.17, 15) is 18.8 Å². The van der Waals surface area contributed by atoms with Crippen LogP contribution in [0.25, 0.3) is 0 Å². The number of aryl methyl sites for hydroxylation is 1.